The second kappa shape index (κ2) is 9.71. The molecule has 0 bridgehead atoms. The van der Waals surface area contributed by atoms with Gasteiger partial charge in [-0.05, 0) is 62.6 Å². The van der Waals surface area contributed by atoms with Crippen LogP contribution in [0.2, 0.25) is 0 Å². The molecule has 27 heavy (non-hydrogen) atoms. The average molecular weight is 369 g/mol. The quantitative estimate of drug-likeness (QED) is 0.740. The third-order valence-electron chi connectivity index (χ3n) is 3.71. The van der Waals surface area contributed by atoms with E-state index >= 15 is 0 Å². The fraction of sp³-hybridized carbons (Fsp3) is 0.381. The van der Waals surface area contributed by atoms with E-state index in [9.17, 15) is 9.59 Å². The van der Waals surface area contributed by atoms with Gasteiger partial charge in [0.1, 0.15) is 17.1 Å². The second-order valence-electron chi connectivity index (χ2n) is 6.99. The summed E-state index contributed by atoms with van der Waals surface area (Å²) in [7, 11) is 0. The van der Waals surface area contributed by atoms with E-state index in [-0.39, 0.29) is 29.3 Å². The lowest BCUT2D eigenvalue weighted by molar-refractivity contribution is 0.0947. The van der Waals surface area contributed by atoms with Crippen LogP contribution in [-0.4, -0.2) is 29.4 Å². The molecule has 2 amide bonds. The highest BCUT2D eigenvalue weighted by molar-refractivity contribution is 6.03. The Morgan fingerprint density at radius 3 is 2.19 bits per heavy atom. The van der Waals surface area contributed by atoms with E-state index in [1.165, 1.54) is 0 Å². The first-order valence-electron chi connectivity index (χ1n) is 9.18. The van der Waals surface area contributed by atoms with Crippen molar-refractivity contribution in [1.29, 1.82) is 0 Å². The van der Waals surface area contributed by atoms with Gasteiger partial charge in [-0.2, -0.15) is 0 Å². The minimum atomic E-state index is -0.371. The van der Waals surface area contributed by atoms with Crippen LogP contribution in [0.25, 0.3) is 0 Å². The molecule has 0 aliphatic rings. The molecule has 0 radical (unpaired) electrons. The summed E-state index contributed by atoms with van der Waals surface area (Å²) in [5, 5.41) is 5.60. The molecular formula is C21H27N3O3. The molecule has 0 atom stereocenters. The van der Waals surface area contributed by atoms with Crippen LogP contribution in [0.5, 0.6) is 5.75 Å². The van der Waals surface area contributed by atoms with E-state index in [0.29, 0.717) is 18.2 Å². The van der Waals surface area contributed by atoms with Gasteiger partial charge in [0.2, 0.25) is 0 Å². The topological polar surface area (TPSA) is 80.3 Å². The van der Waals surface area contributed by atoms with Crippen LogP contribution in [0.4, 0.5) is 5.69 Å². The molecule has 6 heteroatoms. The number of hydrogen-bond acceptors (Lipinski definition) is 4. The molecule has 1 aromatic heterocycles. The predicted molar refractivity (Wildman–Crippen MR) is 106 cm³/mol. The summed E-state index contributed by atoms with van der Waals surface area (Å²) in [6.07, 6.45) is 0.978. The van der Waals surface area contributed by atoms with E-state index in [2.05, 4.69) is 29.5 Å². The minimum absolute atomic E-state index is 0.0871. The summed E-state index contributed by atoms with van der Waals surface area (Å²) in [5.41, 5.74) is 1.05. The van der Waals surface area contributed by atoms with Crippen LogP contribution in [-0.2, 0) is 0 Å². The highest BCUT2D eigenvalue weighted by Crippen LogP contribution is 2.17. The lowest BCUT2D eigenvalue weighted by Crippen LogP contribution is -2.27. The first-order chi connectivity index (χ1) is 12.8. The minimum Gasteiger partial charge on any atom is -0.491 e. The van der Waals surface area contributed by atoms with Gasteiger partial charge in [0.25, 0.3) is 11.8 Å². The SMILES string of the molecule is CC(C)CCNC(=O)c1cccc(C(=O)Nc2ccc(OC(C)C)cc2)n1. The maximum absolute atomic E-state index is 12.4. The number of benzene rings is 1. The van der Waals surface area contributed by atoms with E-state index in [4.69, 9.17) is 4.74 Å². The van der Waals surface area contributed by atoms with Gasteiger partial charge in [0.15, 0.2) is 0 Å². The standard InChI is InChI=1S/C21H27N3O3/c1-14(2)12-13-22-20(25)18-6-5-7-19(24-18)21(26)23-16-8-10-17(11-9-16)27-15(3)4/h5-11,14-15H,12-13H2,1-4H3,(H,22,25)(H,23,26). The fourth-order valence-electron chi connectivity index (χ4n) is 2.34. The number of carbonyl (C=O) groups excluding carboxylic acids is 2. The first-order valence-corrected chi connectivity index (χ1v) is 9.18. The molecule has 2 N–H and O–H groups in total. The summed E-state index contributed by atoms with van der Waals surface area (Å²) in [6, 6.07) is 11.9. The molecular weight excluding hydrogens is 342 g/mol. The molecule has 0 spiro atoms. The molecule has 0 aliphatic heterocycles. The number of ether oxygens (including phenoxy) is 1. The molecule has 0 saturated heterocycles. The third-order valence-corrected chi connectivity index (χ3v) is 3.71. The average Bonchev–Trinajstić information content (AvgIpc) is 2.62. The van der Waals surface area contributed by atoms with Gasteiger partial charge in [0, 0.05) is 12.2 Å². The Balaban J connectivity index is 1.99. The Kier molecular flexibility index (Phi) is 7.34. The zero-order chi connectivity index (χ0) is 19.8. The molecule has 2 aromatic rings. The number of rotatable bonds is 8. The van der Waals surface area contributed by atoms with Gasteiger partial charge in [-0.3, -0.25) is 9.59 Å². The number of aromatic nitrogens is 1. The number of nitrogens with zero attached hydrogens (tertiary/aromatic N) is 1. The smallest absolute Gasteiger partial charge is 0.274 e. The molecule has 0 unspecified atom stereocenters. The van der Waals surface area contributed by atoms with Crippen LogP contribution < -0.4 is 15.4 Å². The monoisotopic (exact) mass is 369 g/mol. The zero-order valence-corrected chi connectivity index (χ0v) is 16.3. The van der Waals surface area contributed by atoms with Crippen molar-refractivity contribution in [2.45, 2.75) is 40.2 Å². The molecule has 0 fully saturated rings. The number of carbonyl (C=O) groups is 2. The van der Waals surface area contributed by atoms with E-state index in [1.54, 1.807) is 42.5 Å². The number of nitrogens with one attached hydrogen (secondary N) is 2. The van der Waals surface area contributed by atoms with Crippen molar-refractivity contribution in [2.24, 2.45) is 5.92 Å². The Hall–Kier alpha value is -2.89. The van der Waals surface area contributed by atoms with Crippen LogP contribution in [0.15, 0.2) is 42.5 Å². The molecule has 0 saturated carbocycles. The number of amides is 2. The Morgan fingerprint density at radius 2 is 1.59 bits per heavy atom. The van der Waals surface area contributed by atoms with Crippen LogP contribution in [0.1, 0.15) is 55.1 Å². The van der Waals surface area contributed by atoms with Crippen molar-refractivity contribution in [3.8, 4) is 5.75 Å². The molecule has 144 valence electrons. The van der Waals surface area contributed by atoms with E-state index in [0.717, 1.165) is 12.2 Å². The highest BCUT2D eigenvalue weighted by atomic mass is 16.5. The first kappa shape index (κ1) is 20.4. The summed E-state index contributed by atoms with van der Waals surface area (Å²) < 4.78 is 5.58. The van der Waals surface area contributed by atoms with Crippen LogP contribution >= 0.6 is 0 Å². The molecule has 1 heterocycles. The van der Waals surface area contributed by atoms with Gasteiger partial charge in [-0.25, -0.2) is 4.98 Å². The molecule has 1 aromatic carbocycles. The summed E-state index contributed by atoms with van der Waals surface area (Å²) in [4.78, 5) is 28.8. The highest BCUT2D eigenvalue weighted by Gasteiger charge is 2.12. The number of hydrogen-bond donors (Lipinski definition) is 2. The normalized spacial score (nSPS) is 10.7. The van der Waals surface area contributed by atoms with Crippen LogP contribution in [0.3, 0.4) is 0 Å². The summed E-state index contributed by atoms with van der Waals surface area (Å²) in [5.74, 6) is 0.596. The van der Waals surface area contributed by atoms with Crippen LogP contribution in [0, 0.1) is 5.92 Å². The largest absolute Gasteiger partial charge is 0.491 e. The number of pyridine rings is 1. The van der Waals surface area contributed by atoms with Gasteiger partial charge in [-0.15, -0.1) is 0 Å². The van der Waals surface area contributed by atoms with Gasteiger partial charge >= 0.3 is 0 Å². The zero-order valence-electron chi connectivity index (χ0n) is 16.3. The Morgan fingerprint density at radius 1 is 0.963 bits per heavy atom. The molecule has 0 aliphatic carbocycles. The second-order valence-corrected chi connectivity index (χ2v) is 6.99. The van der Waals surface area contributed by atoms with Crippen molar-refractivity contribution in [1.82, 2.24) is 10.3 Å². The summed E-state index contributed by atoms with van der Waals surface area (Å²) >= 11 is 0. The maximum Gasteiger partial charge on any atom is 0.274 e. The van der Waals surface area contributed by atoms with Crippen molar-refractivity contribution >= 4 is 17.5 Å². The Bertz CT molecular complexity index is 770. The lowest BCUT2D eigenvalue weighted by Gasteiger charge is -2.11. The fourth-order valence-corrected chi connectivity index (χ4v) is 2.34. The third kappa shape index (κ3) is 6.73. The van der Waals surface area contributed by atoms with Gasteiger partial charge in [0.05, 0.1) is 6.10 Å². The molecule has 2 rings (SSSR count). The van der Waals surface area contributed by atoms with Crippen molar-refractivity contribution in [3.63, 3.8) is 0 Å². The van der Waals surface area contributed by atoms with Crippen molar-refractivity contribution in [3.05, 3.63) is 53.9 Å². The van der Waals surface area contributed by atoms with E-state index in [1.807, 2.05) is 13.8 Å². The summed E-state index contributed by atoms with van der Waals surface area (Å²) in [6.45, 7) is 8.67. The number of anilines is 1. The van der Waals surface area contributed by atoms with Gasteiger partial charge < -0.3 is 15.4 Å². The van der Waals surface area contributed by atoms with E-state index < -0.39 is 0 Å². The van der Waals surface area contributed by atoms with Crippen molar-refractivity contribution in [2.75, 3.05) is 11.9 Å². The molecule has 6 nitrogen and oxygen atoms in total. The van der Waals surface area contributed by atoms with Crippen molar-refractivity contribution < 1.29 is 14.3 Å². The predicted octanol–water partition coefficient (Wildman–Crippen LogP) is 3.90. The lowest BCUT2D eigenvalue weighted by atomic mass is 10.1. The van der Waals surface area contributed by atoms with Gasteiger partial charge in [-0.1, -0.05) is 19.9 Å². The maximum atomic E-state index is 12.4. The Labute approximate surface area is 160 Å².